The Morgan fingerprint density at radius 1 is 1.58 bits per heavy atom. The van der Waals surface area contributed by atoms with E-state index in [-0.39, 0.29) is 6.04 Å². The second-order valence-corrected chi connectivity index (χ2v) is 5.74. The fraction of sp³-hybridized carbons (Fsp3) is 0.462. The topological polar surface area (TPSA) is 66.5 Å². The largest absolute Gasteiger partial charge is 0.314 e. The summed E-state index contributed by atoms with van der Waals surface area (Å²) in [7, 11) is 0. The second kappa shape index (κ2) is 5.11. The molecule has 19 heavy (non-hydrogen) atoms. The van der Waals surface area contributed by atoms with E-state index in [1.54, 1.807) is 11.3 Å². The van der Waals surface area contributed by atoms with Crippen molar-refractivity contribution in [2.75, 3.05) is 0 Å². The van der Waals surface area contributed by atoms with Gasteiger partial charge >= 0.3 is 0 Å². The number of nitriles is 1. The van der Waals surface area contributed by atoms with E-state index in [0.29, 0.717) is 0 Å². The Bertz CT molecular complexity index is 621. The molecule has 1 N–H and O–H groups in total. The third-order valence-corrected chi connectivity index (χ3v) is 4.33. The molecule has 1 unspecified atom stereocenters. The first-order valence-corrected chi connectivity index (χ1v) is 7.29. The fourth-order valence-electron chi connectivity index (χ4n) is 2.37. The van der Waals surface area contributed by atoms with Gasteiger partial charge in [-0.25, -0.2) is 0 Å². The van der Waals surface area contributed by atoms with Gasteiger partial charge in [0.25, 0.3) is 0 Å². The Hall–Kier alpha value is -1.71. The first kappa shape index (κ1) is 12.3. The summed E-state index contributed by atoms with van der Waals surface area (Å²) in [6.45, 7) is 3.89. The predicted molar refractivity (Wildman–Crippen MR) is 72.6 cm³/mol. The standard InChI is InChI=1S/C13H15N5S/c1-9(13-17-16-12-3-2-4-18(12)13)15-7-11-5-10(6-14)8-19-11/h5,8-9,15H,2-4,7H2,1H3. The van der Waals surface area contributed by atoms with Gasteiger partial charge in [0.1, 0.15) is 17.7 Å². The van der Waals surface area contributed by atoms with Crippen molar-refractivity contribution in [1.29, 1.82) is 5.26 Å². The summed E-state index contributed by atoms with van der Waals surface area (Å²) in [5.74, 6) is 2.12. The molecule has 1 aliphatic rings. The van der Waals surface area contributed by atoms with Crippen molar-refractivity contribution in [2.45, 2.75) is 38.9 Å². The van der Waals surface area contributed by atoms with Gasteiger partial charge in [-0.3, -0.25) is 0 Å². The van der Waals surface area contributed by atoms with Crippen molar-refractivity contribution in [3.63, 3.8) is 0 Å². The van der Waals surface area contributed by atoms with Crippen molar-refractivity contribution in [3.05, 3.63) is 33.5 Å². The van der Waals surface area contributed by atoms with Crippen molar-refractivity contribution in [2.24, 2.45) is 0 Å². The van der Waals surface area contributed by atoms with E-state index >= 15 is 0 Å². The van der Waals surface area contributed by atoms with Crippen LogP contribution in [0.25, 0.3) is 0 Å². The van der Waals surface area contributed by atoms with E-state index in [2.05, 4.69) is 33.1 Å². The molecule has 0 amide bonds. The molecule has 0 aliphatic carbocycles. The Kier molecular flexibility index (Phi) is 3.32. The van der Waals surface area contributed by atoms with Crippen LogP contribution in [0.2, 0.25) is 0 Å². The molecule has 3 heterocycles. The molecule has 3 rings (SSSR count). The highest BCUT2D eigenvalue weighted by molar-refractivity contribution is 7.10. The van der Waals surface area contributed by atoms with Crippen LogP contribution in [-0.2, 0) is 19.5 Å². The van der Waals surface area contributed by atoms with Crippen molar-refractivity contribution in [3.8, 4) is 6.07 Å². The smallest absolute Gasteiger partial charge is 0.149 e. The number of rotatable bonds is 4. The summed E-state index contributed by atoms with van der Waals surface area (Å²) in [4.78, 5) is 1.17. The normalized spacial score (nSPS) is 15.2. The number of hydrogen-bond donors (Lipinski definition) is 1. The van der Waals surface area contributed by atoms with E-state index in [1.807, 2.05) is 11.4 Å². The zero-order valence-electron chi connectivity index (χ0n) is 10.8. The number of hydrogen-bond acceptors (Lipinski definition) is 5. The molecule has 0 saturated heterocycles. The molecule has 98 valence electrons. The van der Waals surface area contributed by atoms with Gasteiger partial charge in [-0.2, -0.15) is 5.26 Å². The number of fused-ring (bicyclic) bond motifs is 1. The van der Waals surface area contributed by atoms with Gasteiger partial charge in [0.15, 0.2) is 0 Å². The van der Waals surface area contributed by atoms with Crippen LogP contribution in [0.15, 0.2) is 11.4 Å². The van der Waals surface area contributed by atoms with Gasteiger partial charge in [-0.1, -0.05) is 0 Å². The fourth-order valence-corrected chi connectivity index (χ4v) is 3.13. The highest BCUT2D eigenvalue weighted by atomic mass is 32.1. The highest BCUT2D eigenvalue weighted by Gasteiger charge is 2.20. The van der Waals surface area contributed by atoms with E-state index in [4.69, 9.17) is 5.26 Å². The van der Waals surface area contributed by atoms with Crippen molar-refractivity contribution in [1.82, 2.24) is 20.1 Å². The lowest BCUT2D eigenvalue weighted by Crippen LogP contribution is -2.21. The van der Waals surface area contributed by atoms with Gasteiger partial charge in [0.05, 0.1) is 11.6 Å². The van der Waals surface area contributed by atoms with Gasteiger partial charge in [-0.05, 0) is 19.4 Å². The predicted octanol–water partition coefficient (Wildman–Crippen LogP) is 2.01. The SMILES string of the molecule is CC(NCc1cc(C#N)cs1)c1nnc2n1CCC2. The summed E-state index contributed by atoms with van der Waals surface area (Å²) in [5, 5.41) is 22.6. The van der Waals surface area contributed by atoms with Crippen LogP contribution in [0.1, 0.15) is 41.5 Å². The van der Waals surface area contributed by atoms with E-state index in [0.717, 1.165) is 36.7 Å². The minimum absolute atomic E-state index is 0.173. The molecular weight excluding hydrogens is 258 g/mol. The molecular formula is C13H15N5S. The van der Waals surface area contributed by atoms with E-state index in [9.17, 15) is 0 Å². The zero-order valence-corrected chi connectivity index (χ0v) is 11.6. The Balaban J connectivity index is 1.65. The molecule has 0 aromatic carbocycles. The van der Waals surface area contributed by atoms with Gasteiger partial charge in [0.2, 0.25) is 0 Å². The lowest BCUT2D eigenvalue weighted by atomic mass is 10.3. The number of thiophene rings is 1. The van der Waals surface area contributed by atoms with Crippen molar-refractivity contribution >= 4 is 11.3 Å². The molecule has 0 fully saturated rings. The van der Waals surface area contributed by atoms with E-state index in [1.165, 1.54) is 11.3 Å². The van der Waals surface area contributed by atoms with Crippen LogP contribution < -0.4 is 5.32 Å². The summed E-state index contributed by atoms with van der Waals surface area (Å²) < 4.78 is 2.22. The maximum Gasteiger partial charge on any atom is 0.149 e. The molecule has 2 aromatic heterocycles. The maximum absolute atomic E-state index is 8.80. The molecule has 0 radical (unpaired) electrons. The number of aryl methyl sites for hydroxylation is 1. The molecule has 2 aromatic rings. The summed E-state index contributed by atoms with van der Waals surface area (Å²) >= 11 is 1.61. The molecule has 1 atom stereocenters. The lowest BCUT2D eigenvalue weighted by molar-refractivity contribution is 0.518. The Morgan fingerprint density at radius 2 is 2.47 bits per heavy atom. The molecule has 6 heteroatoms. The molecule has 5 nitrogen and oxygen atoms in total. The molecule has 0 spiro atoms. The highest BCUT2D eigenvalue weighted by Crippen LogP contribution is 2.20. The van der Waals surface area contributed by atoms with Crippen LogP contribution in [0.5, 0.6) is 0 Å². The minimum Gasteiger partial charge on any atom is -0.314 e. The average Bonchev–Trinajstić information content (AvgIpc) is 3.11. The Morgan fingerprint density at radius 3 is 3.26 bits per heavy atom. The third-order valence-electron chi connectivity index (χ3n) is 3.39. The average molecular weight is 273 g/mol. The van der Waals surface area contributed by atoms with Gasteiger partial charge < -0.3 is 9.88 Å². The quantitative estimate of drug-likeness (QED) is 0.925. The van der Waals surface area contributed by atoms with Crippen molar-refractivity contribution < 1.29 is 0 Å². The molecule has 0 saturated carbocycles. The summed E-state index contributed by atoms with van der Waals surface area (Å²) in [6, 6.07) is 4.26. The van der Waals surface area contributed by atoms with Crippen LogP contribution in [0.3, 0.4) is 0 Å². The first-order chi connectivity index (χ1) is 9.28. The first-order valence-electron chi connectivity index (χ1n) is 6.41. The number of nitrogens with one attached hydrogen (secondary N) is 1. The summed E-state index contributed by atoms with van der Waals surface area (Å²) in [5.41, 5.74) is 0.734. The van der Waals surface area contributed by atoms with Gasteiger partial charge in [0, 0.05) is 29.8 Å². The molecule has 0 bridgehead atoms. The maximum atomic E-state index is 8.80. The van der Waals surface area contributed by atoms with Crippen LogP contribution in [0.4, 0.5) is 0 Å². The number of nitrogens with zero attached hydrogens (tertiary/aromatic N) is 4. The van der Waals surface area contributed by atoms with E-state index < -0.39 is 0 Å². The second-order valence-electron chi connectivity index (χ2n) is 4.75. The monoisotopic (exact) mass is 273 g/mol. The number of aromatic nitrogens is 3. The minimum atomic E-state index is 0.173. The molecule has 1 aliphatic heterocycles. The summed E-state index contributed by atoms with van der Waals surface area (Å²) in [6.07, 6.45) is 2.21. The van der Waals surface area contributed by atoms with Crippen LogP contribution >= 0.6 is 11.3 Å². The third kappa shape index (κ3) is 2.39. The van der Waals surface area contributed by atoms with Crippen LogP contribution in [0, 0.1) is 11.3 Å². The zero-order chi connectivity index (χ0) is 13.2. The lowest BCUT2D eigenvalue weighted by Gasteiger charge is -2.12. The van der Waals surface area contributed by atoms with Gasteiger partial charge in [-0.15, -0.1) is 21.5 Å². The Labute approximate surface area is 115 Å². The van der Waals surface area contributed by atoms with Crippen LogP contribution in [-0.4, -0.2) is 14.8 Å².